The lowest BCUT2D eigenvalue weighted by Gasteiger charge is -2.21. The normalized spacial score (nSPS) is 21.0. The molecule has 146 valence electrons. The van der Waals surface area contributed by atoms with Crippen LogP contribution in [0.25, 0.3) is 0 Å². The molecular weight excluding hydrogens is 360 g/mol. The summed E-state index contributed by atoms with van der Waals surface area (Å²) in [6, 6.07) is 5.30. The predicted molar refractivity (Wildman–Crippen MR) is 102 cm³/mol. The van der Waals surface area contributed by atoms with E-state index in [9.17, 15) is 9.59 Å². The molecule has 0 bridgehead atoms. The van der Waals surface area contributed by atoms with E-state index in [0.29, 0.717) is 54.4 Å². The summed E-state index contributed by atoms with van der Waals surface area (Å²) in [6.07, 6.45) is 2.66. The van der Waals surface area contributed by atoms with E-state index >= 15 is 0 Å². The average molecular weight is 382 g/mol. The van der Waals surface area contributed by atoms with Crippen molar-refractivity contribution < 1.29 is 18.8 Å². The van der Waals surface area contributed by atoms with Gasteiger partial charge in [-0.2, -0.15) is 0 Å². The average Bonchev–Trinajstić information content (AvgIpc) is 3.36. The molecule has 8 heteroatoms. The molecule has 1 atom stereocenters. The molecule has 2 aromatic rings. The maximum atomic E-state index is 12.8. The minimum Gasteiger partial charge on any atom is -0.466 e. The smallest absolute Gasteiger partial charge is 0.273 e. The van der Waals surface area contributed by atoms with Gasteiger partial charge in [-0.1, -0.05) is 5.16 Å². The molecule has 1 spiro atoms. The zero-order chi connectivity index (χ0) is 19.9. The highest BCUT2D eigenvalue weighted by atomic mass is 16.7. The number of rotatable bonds is 3. The van der Waals surface area contributed by atoms with E-state index in [1.807, 2.05) is 13.8 Å². The Morgan fingerprint density at radius 1 is 1.29 bits per heavy atom. The van der Waals surface area contributed by atoms with Crippen LogP contribution in [0.3, 0.4) is 0 Å². The van der Waals surface area contributed by atoms with Crippen LogP contribution < -0.4 is 5.32 Å². The van der Waals surface area contributed by atoms with E-state index in [0.717, 1.165) is 5.69 Å². The third-order valence-corrected chi connectivity index (χ3v) is 5.23. The predicted octanol–water partition coefficient (Wildman–Crippen LogP) is 2.60. The van der Waals surface area contributed by atoms with Crippen LogP contribution in [0.4, 0.5) is 5.69 Å². The lowest BCUT2D eigenvalue weighted by Crippen LogP contribution is -2.37. The summed E-state index contributed by atoms with van der Waals surface area (Å²) in [4.78, 5) is 36.9. The first kappa shape index (κ1) is 18.2. The zero-order valence-electron chi connectivity index (χ0n) is 16.1. The van der Waals surface area contributed by atoms with Crippen LogP contribution in [0.2, 0.25) is 0 Å². The Hall–Kier alpha value is -3.16. The van der Waals surface area contributed by atoms with Crippen molar-refractivity contribution in [1.29, 1.82) is 0 Å². The first-order valence-electron chi connectivity index (χ1n) is 9.21. The molecule has 4 rings (SSSR count). The van der Waals surface area contributed by atoms with E-state index in [1.54, 1.807) is 36.2 Å². The van der Waals surface area contributed by atoms with Crippen molar-refractivity contribution in [2.24, 2.45) is 5.16 Å². The first-order valence-corrected chi connectivity index (χ1v) is 9.21. The van der Waals surface area contributed by atoms with Crippen LogP contribution in [0.5, 0.6) is 0 Å². The second-order valence-electron chi connectivity index (χ2n) is 7.38. The van der Waals surface area contributed by atoms with Gasteiger partial charge in [-0.05, 0) is 39.0 Å². The minimum absolute atomic E-state index is 0.0845. The van der Waals surface area contributed by atoms with Gasteiger partial charge in [0.05, 0.1) is 23.5 Å². The molecular formula is C20H22N4O4. The Labute approximate surface area is 162 Å². The number of aryl methyl sites for hydroxylation is 3. The molecule has 28 heavy (non-hydrogen) atoms. The van der Waals surface area contributed by atoms with Gasteiger partial charge in [0.15, 0.2) is 5.60 Å². The number of hydrogen-bond donors (Lipinski definition) is 1. The molecule has 1 unspecified atom stereocenters. The third-order valence-electron chi connectivity index (χ3n) is 5.23. The van der Waals surface area contributed by atoms with Crippen LogP contribution >= 0.6 is 0 Å². The number of pyridine rings is 1. The number of carbonyl (C=O) groups excluding carboxylic acids is 2. The van der Waals surface area contributed by atoms with Gasteiger partial charge in [0.1, 0.15) is 17.2 Å². The largest absolute Gasteiger partial charge is 0.466 e. The van der Waals surface area contributed by atoms with Crippen LogP contribution in [0.15, 0.2) is 34.0 Å². The summed E-state index contributed by atoms with van der Waals surface area (Å²) < 4.78 is 5.47. The van der Waals surface area contributed by atoms with Crippen molar-refractivity contribution in [2.45, 2.75) is 39.2 Å². The number of aromatic nitrogens is 1. The topological polar surface area (TPSA) is 97.0 Å². The Balaban J connectivity index is 1.41. The first-order chi connectivity index (χ1) is 13.4. The standard InChI is InChI=1S/C20H22N4O4/c1-12-9-15(14(3)27-12)19(26)24-8-6-20(11-24)10-17(23-28-20)18(25)22-16-5-4-7-21-13(16)2/h4-5,7,9H,6,8,10-11H2,1-3H3,(H,22,25). The highest BCUT2D eigenvalue weighted by molar-refractivity contribution is 6.43. The van der Waals surface area contributed by atoms with Crippen LogP contribution in [-0.4, -0.2) is 46.1 Å². The minimum atomic E-state index is -0.640. The molecule has 1 fully saturated rings. The molecule has 8 nitrogen and oxygen atoms in total. The number of carbonyl (C=O) groups is 2. The Morgan fingerprint density at radius 2 is 2.11 bits per heavy atom. The molecule has 2 amide bonds. The lowest BCUT2D eigenvalue weighted by molar-refractivity contribution is -0.110. The van der Waals surface area contributed by atoms with E-state index in [1.165, 1.54) is 0 Å². The molecule has 2 aromatic heterocycles. The van der Waals surface area contributed by atoms with E-state index in [-0.39, 0.29) is 11.8 Å². The summed E-state index contributed by atoms with van der Waals surface area (Å²) >= 11 is 0. The number of nitrogens with one attached hydrogen (secondary N) is 1. The van der Waals surface area contributed by atoms with Crippen molar-refractivity contribution in [3.63, 3.8) is 0 Å². The number of hydrogen-bond acceptors (Lipinski definition) is 6. The molecule has 2 aliphatic rings. The highest BCUT2D eigenvalue weighted by Gasteiger charge is 2.48. The monoisotopic (exact) mass is 382 g/mol. The van der Waals surface area contributed by atoms with Gasteiger partial charge in [-0.15, -0.1) is 0 Å². The second kappa shape index (κ2) is 6.78. The van der Waals surface area contributed by atoms with Crippen molar-refractivity contribution in [3.8, 4) is 0 Å². The quantitative estimate of drug-likeness (QED) is 0.880. The summed E-state index contributed by atoms with van der Waals surface area (Å²) in [5.74, 6) is 0.927. The van der Waals surface area contributed by atoms with Crippen molar-refractivity contribution in [1.82, 2.24) is 9.88 Å². The Bertz CT molecular complexity index is 980. The molecule has 1 saturated heterocycles. The fourth-order valence-electron chi connectivity index (χ4n) is 3.70. The van der Waals surface area contributed by atoms with Gasteiger partial charge >= 0.3 is 0 Å². The summed E-state index contributed by atoms with van der Waals surface area (Å²) in [5, 5.41) is 6.84. The molecule has 2 aliphatic heterocycles. The number of oxime groups is 1. The summed E-state index contributed by atoms with van der Waals surface area (Å²) in [6.45, 7) is 6.36. The van der Waals surface area contributed by atoms with Gasteiger partial charge < -0.3 is 19.5 Å². The van der Waals surface area contributed by atoms with Crippen LogP contribution in [0.1, 0.15) is 40.4 Å². The number of anilines is 1. The molecule has 0 aromatic carbocycles. The highest BCUT2D eigenvalue weighted by Crippen LogP contribution is 2.35. The summed E-state index contributed by atoms with van der Waals surface area (Å²) in [5.41, 5.74) is 1.63. The molecule has 0 saturated carbocycles. The number of nitrogens with zero attached hydrogens (tertiary/aromatic N) is 3. The van der Waals surface area contributed by atoms with Crippen LogP contribution in [0, 0.1) is 20.8 Å². The number of likely N-dealkylation sites (tertiary alicyclic amines) is 1. The van der Waals surface area contributed by atoms with Crippen molar-refractivity contribution in [2.75, 3.05) is 18.4 Å². The fourth-order valence-corrected chi connectivity index (χ4v) is 3.70. The fraction of sp³-hybridized carbons (Fsp3) is 0.400. The molecule has 1 N–H and O–H groups in total. The zero-order valence-corrected chi connectivity index (χ0v) is 16.1. The van der Waals surface area contributed by atoms with Gasteiger partial charge in [0, 0.05) is 25.6 Å². The van der Waals surface area contributed by atoms with E-state index in [4.69, 9.17) is 9.25 Å². The van der Waals surface area contributed by atoms with Crippen molar-refractivity contribution in [3.05, 3.63) is 47.2 Å². The Kier molecular flexibility index (Phi) is 4.41. The molecule has 0 radical (unpaired) electrons. The number of amides is 2. The molecule has 0 aliphatic carbocycles. The number of furan rings is 1. The van der Waals surface area contributed by atoms with Crippen molar-refractivity contribution >= 4 is 23.2 Å². The third kappa shape index (κ3) is 3.26. The molecule has 4 heterocycles. The maximum absolute atomic E-state index is 12.8. The van der Waals surface area contributed by atoms with Gasteiger partial charge in [-0.3, -0.25) is 14.6 Å². The van der Waals surface area contributed by atoms with Gasteiger partial charge in [0.2, 0.25) is 0 Å². The summed E-state index contributed by atoms with van der Waals surface area (Å²) in [7, 11) is 0. The van der Waals surface area contributed by atoms with Crippen LogP contribution in [-0.2, 0) is 9.63 Å². The SMILES string of the molecule is Cc1cc(C(=O)N2CCC3(CC(C(=O)Nc4cccnc4C)=NO3)C2)c(C)o1. The lowest BCUT2D eigenvalue weighted by atomic mass is 9.96. The van der Waals surface area contributed by atoms with Gasteiger partial charge in [-0.25, -0.2) is 0 Å². The maximum Gasteiger partial charge on any atom is 0.273 e. The second-order valence-corrected chi connectivity index (χ2v) is 7.38. The van der Waals surface area contributed by atoms with E-state index in [2.05, 4.69) is 15.5 Å². The van der Waals surface area contributed by atoms with E-state index < -0.39 is 5.60 Å². The van der Waals surface area contributed by atoms with Gasteiger partial charge in [0.25, 0.3) is 11.8 Å². The Morgan fingerprint density at radius 3 is 2.82 bits per heavy atom.